The van der Waals surface area contributed by atoms with Gasteiger partial charge in [0.15, 0.2) is 0 Å². The molecule has 0 heterocycles. The summed E-state index contributed by atoms with van der Waals surface area (Å²) in [6, 6.07) is 0. The van der Waals surface area contributed by atoms with Gasteiger partial charge >= 0.3 is 0 Å². The van der Waals surface area contributed by atoms with E-state index < -0.39 is 6.10 Å². The van der Waals surface area contributed by atoms with E-state index in [9.17, 15) is 9.90 Å². The molecule has 0 aliphatic rings. The molecule has 0 rings (SSSR count). The number of carbonyl (C=O) groups excluding carboxylic acids is 1. The van der Waals surface area contributed by atoms with Crippen LogP contribution < -0.4 is 0 Å². The van der Waals surface area contributed by atoms with Gasteiger partial charge in [-0.2, -0.15) is 0 Å². The van der Waals surface area contributed by atoms with Crippen LogP contribution in [0.1, 0.15) is 26.7 Å². The molecule has 0 fully saturated rings. The minimum absolute atomic E-state index is 0.144. The van der Waals surface area contributed by atoms with Gasteiger partial charge in [-0.05, 0) is 18.8 Å². The summed E-state index contributed by atoms with van der Waals surface area (Å²) in [5.41, 5.74) is 0. The molecule has 2 heteroatoms. The maximum absolute atomic E-state index is 10.6. The fourth-order valence-corrected chi connectivity index (χ4v) is 1.12. The van der Waals surface area contributed by atoms with E-state index >= 15 is 0 Å². The van der Waals surface area contributed by atoms with Crippen molar-refractivity contribution in [3.63, 3.8) is 0 Å². The standard InChI is InChI=1S/C10H18O2/c1-4-5-6-9(7-11)10(12)8(2)3/h4,7-10,12H,1,5-6H2,2-3H3. The summed E-state index contributed by atoms with van der Waals surface area (Å²) in [6.07, 6.45) is 3.58. The third kappa shape index (κ3) is 3.67. The highest BCUT2D eigenvalue weighted by Gasteiger charge is 2.20. The van der Waals surface area contributed by atoms with Gasteiger partial charge in [0, 0.05) is 5.92 Å². The molecule has 0 spiro atoms. The highest BCUT2D eigenvalue weighted by atomic mass is 16.3. The number of aldehydes is 1. The van der Waals surface area contributed by atoms with Crippen LogP contribution in [0.3, 0.4) is 0 Å². The van der Waals surface area contributed by atoms with Crippen LogP contribution in [-0.4, -0.2) is 17.5 Å². The predicted molar refractivity (Wildman–Crippen MR) is 49.8 cm³/mol. The normalized spacial score (nSPS) is 15.7. The van der Waals surface area contributed by atoms with Gasteiger partial charge in [-0.3, -0.25) is 0 Å². The fraction of sp³-hybridized carbons (Fsp3) is 0.700. The molecule has 1 N–H and O–H groups in total. The molecule has 0 aromatic carbocycles. The number of rotatable bonds is 6. The average Bonchev–Trinajstić information content (AvgIpc) is 2.05. The van der Waals surface area contributed by atoms with Gasteiger partial charge in [-0.1, -0.05) is 19.9 Å². The zero-order valence-electron chi connectivity index (χ0n) is 7.86. The van der Waals surface area contributed by atoms with Gasteiger partial charge in [0.1, 0.15) is 6.29 Å². The van der Waals surface area contributed by atoms with E-state index in [2.05, 4.69) is 6.58 Å². The Balaban J connectivity index is 3.95. The lowest BCUT2D eigenvalue weighted by atomic mass is 9.91. The van der Waals surface area contributed by atoms with E-state index in [0.29, 0.717) is 6.42 Å². The first-order chi connectivity index (χ1) is 5.63. The smallest absolute Gasteiger partial charge is 0.125 e. The maximum Gasteiger partial charge on any atom is 0.125 e. The van der Waals surface area contributed by atoms with E-state index in [1.54, 1.807) is 6.08 Å². The lowest BCUT2D eigenvalue weighted by Crippen LogP contribution is -2.26. The Morgan fingerprint density at radius 3 is 2.42 bits per heavy atom. The quantitative estimate of drug-likeness (QED) is 0.487. The fourth-order valence-electron chi connectivity index (χ4n) is 1.12. The van der Waals surface area contributed by atoms with Gasteiger partial charge < -0.3 is 9.90 Å². The van der Waals surface area contributed by atoms with Crippen LogP contribution in [0, 0.1) is 11.8 Å². The summed E-state index contributed by atoms with van der Waals surface area (Å²) >= 11 is 0. The molecule has 0 saturated heterocycles. The molecule has 70 valence electrons. The van der Waals surface area contributed by atoms with Crippen LogP contribution >= 0.6 is 0 Å². The zero-order valence-corrected chi connectivity index (χ0v) is 7.86. The average molecular weight is 170 g/mol. The predicted octanol–water partition coefficient (Wildman–Crippen LogP) is 1.78. The van der Waals surface area contributed by atoms with Gasteiger partial charge in [-0.25, -0.2) is 0 Å². The molecule has 0 radical (unpaired) electrons. The van der Waals surface area contributed by atoms with Crippen molar-refractivity contribution in [3.8, 4) is 0 Å². The van der Waals surface area contributed by atoms with Crippen molar-refractivity contribution in [2.75, 3.05) is 0 Å². The molecule has 2 atom stereocenters. The molecule has 0 aromatic rings. The van der Waals surface area contributed by atoms with Crippen LogP contribution in [0.25, 0.3) is 0 Å². The summed E-state index contributed by atoms with van der Waals surface area (Å²) in [5, 5.41) is 9.55. The molecular formula is C10H18O2. The molecule has 0 amide bonds. The highest BCUT2D eigenvalue weighted by Crippen LogP contribution is 2.15. The van der Waals surface area contributed by atoms with Crippen LogP contribution in [0.4, 0.5) is 0 Å². The van der Waals surface area contributed by atoms with Crippen molar-refractivity contribution in [2.24, 2.45) is 11.8 Å². The maximum atomic E-state index is 10.6. The molecule has 0 aromatic heterocycles. The second kappa shape index (κ2) is 5.95. The van der Waals surface area contributed by atoms with Crippen LogP contribution in [0.15, 0.2) is 12.7 Å². The van der Waals surface area contributed by atoms with Crippen LogP contribution in [-0.2, 0) is 4.79 Å². The molecule has 0 aliphatic heterocycles. The second-order valence-electron chi connectivity index (χ2n) is 3.40. The topological polar surface area (TPSA) is 37.3 Å². The van der Waals surface area contributed by atoms with E-state index in [0.717, 1.165) is 12.7 Å². The second-order valence-corrected chi connectivity index (χ2v) is 3.40. The number of aliphatic hydroxyl groups is 1. The molecule has 0 aliphatic carbocycles. The molecular weight excluding hydrogens is 152 g/mol. The van der Waals surface area contributed by atoms with Crippen molar-refractivity contribution in [3.05, 3.63) is 12.7 Å². The minimum Gasteiger partial charge on any atom is -0.392 e. The van der Waals surface area contributed by atoms with Crippen molar-refractivity contribution in [2.45, 2.75) is 32.8 Å². The number of aliphatic hydroxyl groups excluding tert-OH is 1. The first-order valence-corrected chi connectivity index (χ1v) is 4.37. The molecule has 0 saturated carbocycles. The van der Waals surface area contributed by atoms with Crippen LogP contribution in [0.5, 0.6) is 0 Å². The number of hydrogen-bond acceptors (Lipinski definition) is 2. The molecule has 0 bridgehead atoms. The number of hydrogen-bond donors (Lipinski definition) is 1. The van der Waals surface area contributed by atoms with Crippen molar-refractivity contribution in [1.82, 2.24) is 0 Å². The van der Waals surface area contributed by atoms with Gasteiger partial charge in [-0.15, -0.1) is 6.58 Å². The molecule has 2 unspecified atom stereocenters. The number of carbonyl (C=O) groups is 1. The summed E-state index contributed by atoms with van der Waals surface area (Å²) in [5.74, 6) is -0.0898. The lowest BCUT2D eigenvalue weighted by Gasteiger charge is -2.20. The highest BCUT2D eigenvalue weighted by molar-refractivity contribution is 5.54. The minimum atomic E-state index is -0.512. The Hall–Kier alpha value is -0.630. The first kappa shape index (κ1) is 11.4. The SMILES string of the molecule is C=CCCC(C=O)C(O)C(C)C. The largest absolute Gasteiger partial charge is 0.392 e. The summed E-state index contributed by atoms with van der Waals surface area (Å²) in [7, 11) is 0. The molecule has 2 nitrogen and oxygen atoms in total. The Bertz CT molecular complexity index is 141. The monoisotopic (exact) mass is 170 g/mol. The summed E-state index contributed by atoms with van der Waals surface area (Å²) in [6.45, 7) is 7.40. The summed E-state index contributed by atoms with van der Waals surface area (Å²) < 4.78 is 0. The number of allylic oxidation sites excluding steroid dienone is 1. The Morgan fingerprint density at radius 2 is 2.08 bits per heavy atom. The van der Waals surface area contributed by atoms with Crippen molar-refractivity contribution in [1.29, 1.82) is 0 Å². The lowest BCUT2D eigenvalue weighted by molar-refractivity contribution is -0.115. The third-order valence-corrected chi connectivity index (χ3v) is 2.00. The van der Waals surface area contributed by atoms with Crippen molar-refractivity contribution < 1.29 is 9.90 Å². The first-order valence-electron chi connectivity index (χ1n) is 4.37. The Kier molecular flexibility index (Phi) is 5.64. The van der Waals surface area contributed by atoms with E-state index in [4.69, 9.17) is 0 Å². The third-order valence-electron chi connectivity index (χ3n) is 2.00. The van der Waals surface area contributed by atoms with Gasteiger partial charge in [0.2, 0.25) is 0 Å². The van der Waals surface area contributed by atoms with Gasteiger partial charge in [0.05, 0.1) is 6.10 Å². The molecule has 12 heavy (non-hydrogen) atoms. The van der Waals surface area contributed by atoms with Crippen LogP contribution in [0.2, 0.25) is 0 Å². The Morgan fingerprint density at radius 1 is 1.50 bits per heavy atom. The van der Waals surface area contributed by atoms with E-state index in [1.165, 1.54) is 0 Å². The zero-order chi connectivity index (χ0) is 9.56. The van der Waals surface area contributed by atoms with E-state index in [-0.39, 0.29) is 11.8 Å². The van der Waals surface area contributed by atoms with Gasteiger partial charge in [0.25, 0.3) is 0 Å². The Labute approximate surface area is 74.3 Å². The summed E-state index contributed by atoms with van der Waals surface area (Å²) in [4.78, 5) is 10.6. The van der Waals surface area contributed by atoms with E-state index in [1.807, 2.05) is 13.8 Å². The van der Waals surface area contributed by atoms with Crippen molar-refractivity contribution >= 4 is 6.29 Å².